The van der Waals surface area contributed by atoms with E-state index in [-0.39, 0.29) is 6.10 Å². The first-order chi connectivity index (χ1) is 7.74. The summed E-state index contributed by atoms with van der Waals surface area (Å²) in [5, 5.41) is 13.6. The smallest absolute Gasteiger partial charge is 0.0695 e. The largest absolute Gasteiger partial charge is 0.391 e. The van der Waals surface area contributed by atoms with Crippen molar-refractivity contribution in [2.45, 2.75) is 57.2 Å². The molecule has 1 saturated heterocycles. The van der Waals surface area contributed by atoms with Gasteiger partial charge in [-0.25, -0.2) is 0 Å². The SMILES string of the molecule is CCC1CNCC1N(C)C1CCCCC1O. The highest BCUT2D eigenvalue weighted by atomic mass is 16.3. The fourth-order valence-corrected chi connectivity index (χ4v) is 3.42. The van der Waals surface area contributed by atoms with Crippen molar-refractivity contribution in [3.8, 4) is 0 Å². The van der Waals surface area contributed by atoms with E-state index in [0.29, 0.717) is 12.1 Å². The van der Waals surface area contributed by atoms with E-state index in [1.807, 2.05) is 0 Å². The molecule has 0 radical (unpaired) electrons. The molecule has 2 N–H and O–H groups in total. The average molecular weight is 226 g/mol. The van der Waals surface area contributed by atoms with Crippen LogP contribution >= 0.6 is 0 Å². The number of rotatable bonds is 3. The van der Waals surface area contributed by atoms with Crippen LogP contribution in [0.2, 0.25) is 0 Å². The summed E-state index contributed by atoms with van der Waals surface area (Å²) in [7, 11) is 2.21. The first kappa shape index (κ1) is 12.3. The molecule has 2 aliphatic rings. The zero-order valence-electron chi connectivity index (χ0n) is 10.7. The van der Waals surface area contributed by atoms with Gasteiger partial charge in [-0.1, -0.05) is 26.2 Å². The van der Waals surface area contributed by atoms with Gasteiger partial charge in [-0.15, -0.1) is 0 Å². The Labute approximate surface area is 99.2 Å². The third kappa shape index (κ3) is 2.41. The summed E-state index contributed by atoms with van der Waals surface area (Å²) in [6.07, 6.45) is 5.78. The highest BCUT2D eigenvalue weighted by molar-refractivity contribution is 4.92. The molecular weight excluding hydrogens is 200 g/mol. The van der Waals surface area contributed by atoms with E-state index in [1.165, 1.54) is 25.7 Å². The average Bonchev–Trinajstić information content (AvgIpc) is 2.77. The fraction of sp³-hybridized carbons (Fsp3) is 1.00. The summed E-state index contributed by atoms with van der Waals surface area (Å²) in [5.41, 5.74) is 0. The third-order valence-electron chi connectivity index (χ3n) is 4.57. The Balaban J connectivity index is 1.97. The summed E-state index contributed by atoms with van der Waals surface area (Å²) in [6, 6.07) is 1.02. The van der Waals surface area contributed by atoms with E-state index in [2.05, 4.69) is 24.2 Å². The van der Waals surface area contributed by atoms with Gasteiger partial charge in [0.2, 0.25) is 0 Å². The number of hydrogen-bond acceptors (Lipinski definition) is 3. The molecule has 0 aromatic rings. The number of aliphatic hydroxyl groups is 1. The second-order valence-electron chi connectivity index (χ2n) is 5.48. The molecule has 1 aliphatic carbocycles. The van der Waals surface area contributed by atoms with Crippen molar-refractivity contribution in [2.75, 3.05) is 20.1 Å². The van der Waals surface area contributed by atoms with Crippen LogP contribution < -0.4 is 5.32 Å². The minimum absolute atomic E-state index is 0.100. The Morgan fingerprint density at radius 3 is 2.62 bits per heavy atom. The zero-order valence-corrected chi connectivity index (χ0v) is 10.7. The van der Waals surface area contributed by atoms with Crippen molar-refractivity contribution in [3.05, 3.63) is 0 Å². The molecule has 3 heteroatoms. The van der Waals surface area contributed by atoms with E-state index >= 15 is 0 Å². The van der Waals surface area contributed by atoms with Crippen molar-refractivity contribution in [1.82, 2.24) is 10.2 Å². The van der Waals surface area contributed by atoms with Crippen LogP contribution in [-0.2, 0) is 0 Å². The summed E-state index contributed by atoms with van der Waals surface area (Å²) in [5.74, 6) is 0.763. The van der Waals surface area contributed by atoms with Crippen molar-refractivity contribution in [1.29, 1.82) is 0 Å². The molecule has 2 rings (SSSR count). The monoisotopic (exact) mass is 226 g/mol. The zero-order chi connectivity index (χ0) is 11.5. The first-order valence-corrected chi connectivity index (χ1v) is 6.84. The van der Waals surface area contributed by atoms with Crippen LogP contribution in [0.1, 0.15) is 39.0 Å². The summed E-state index contributed by atoms with van der Waals surface area (Å²) in [6.45, 7) is 4.52. The molecule has 0 aromatic heterocycles. The number of nitrogens with zero attached hydrogens (tertiary/aromatic N) is 1. The molecule has 0 amide bonds. The Hall–Kier alpha value is -0.120. The number of likely N-dealkylation sites (N-methyl/N-ethyl adjacent to an activating group) is 1. The van der Waals surface area contributed by atoms with Crippen LogP contribution in [0.15, 0.2) is 0 Å². The summed E-state index contributed by atoms with van der Waals surface area (Å²) >= 11 is 0. The van der Waals surface area contributed by atoms with Crippen LogP contribution in [-0.4, -0.2) is 48.3 Å². The quantitative estimate of drug-likeness (QED) is 0.759. The van der Waals surface area contributed by atoms with E-state index in [4.69, 9.17) is 0 Å². The van der Waals surface area contributed by atoms with Gasteiger partial charge in [0.25, 0.3) is 0 Å². The lowest BCUT2D eigenvalue weighted by Gasteiger charge is -2.40. The molecule has 3 nitrogen and oxygen atoms in total. The van der Waals surface area contributed by atoms with Crippen LogP contribution in [0.25, 0.3) is 0 Å². The van der Waals surface area contributed by atoms with Gasteiger partial charge in [-0.05, 0) is 32.4 Å². The van der Waals surface area contributed by atoms with Gasteiger partial charge < -0.3 is 10.4 Å². The van der Waals surface area contributed by atoms with E-state index < -0.39 is 0 Å². The molecule has 1 aliphatic heterocycles. The van der Waals surface area contributed by atoms with Crippen LogP contribution in [0, 0.1) is 5.92 Å². The predicted molar refractivity (Wildman–Crippen MR) is 66.5 cm³/mol. The summed E-state index contributed by atoms with van der Waals surface area (Å²) < 4.78 is 0. The minimum atomic E-state index is -0.100. The van der Waals surface area contributed by atoms with Crippen LogP contribution in [0.3, 0.4) is 0 Å². The molecule has 0 aromatic carbocycles. The maximum absolute atomic E-state index is 10.1. The second-order valence-corrected chi connectivity index (χ2v) is 5.48. The number of nitrogens with one attached hydrogen (secondary N) is 1. The van der Waals surface area contributed by atoms with Gasteiger partial charge in [0.15, 0.2) is 0 Å². The van der Waals surface area contributed by atoms with Gasteiger partial charge in [0.1, 0.15) is 0 Å². The standard InChI is InChI=1S/C13H26N2O/c1-3-10-8-14-9-12(10)15(2)11-6-4-5-7-13(11)16/h10-14,16H,3-9H2,1-2H3. The van der Waals surface area contributed by atoms with Gasteiger partial charge in [-0.3, -0.25) is 4.90 Å². The molecule has 2 fully saturated rings. The normalized spacial score (nSPS) is 40.5. The fourth-order valence-electron chi connectivity index (χ4n) is 3.42. The molecule has 0 spiro atoms. The Bertz CT molecular complexity index is 220. The van der Waals surface area contributed by atoms with Gasteiger partial charge in [0.05, 0.1) is 6.10 Å². The highest BCUT2D eigenvalue weighted by Gasteiger charge is 2.35. The maximum Gasteiger partial charge on any atom is 0.0695 e. The van der Waals surface area contributed by atoms with E-state index in [0.717, 1.165) is 25.4 Å². The van der Waals surface area contributed by atoms with Gasteiger partial charge in [-0.2, -0.15) is 0 Å². The minimum Gasteiger partial charge on any atom is -0.391 e. The van der Waals surface area contributed by atoms with Crippen LogP contribution in [0.5, 0.6) is 0 Å². The lowest BCUT2D eigenvalue weighted by molar-refractivity contribution is 0.00772. The van der Waals surface area contributed by atoms with Crippen molar-refractivity contribution in [3.63, 3.8) is 0 Å². The van der Waals surface area contributed by atoms with Crippen LogP contribution in [0.4, 0.5) is 0 Å². The molecule has 0 bridgehead atoms. The molecule has 16 heavy (non-hydrogen) atoms. The number of hydrogen-bond donors (Lipinski definition) is 2. The maximum atomic E-state index is 10.1. The Morgan fingerprint density at radius 1 is 1.19 bits per heavy atom. The third-order valence-corrected chi connectivity index (χ3v) is 4.57. The van der Waals surface area contributed by atoms with E-state index in [1.54, 1.807) is 0 Å². The first-order valence-electron chi connectivity index (χ1n) is 6.84. The van der Waals surface area contributed by atoms with Gasteiger partial charge >= 0.3 is 0 Å². The molecule has 1 saturated carbocycles. The molecular formula is C13H26N2O. The topological polar surface area (TPSA) is 35.5 Å². The molecule has 1 heterocycles. The molecule has 4 atom stereocenters. The second kappa shape index (κ2) is 5.48. The molecule has 4 unspecified atom stereocenters. The highest BCUT2D eigenvalue weighted by Crippen LogP contribution is 2.27. The number of aliphatic hydroxyl groups excluding tert-OH is 1. The van der Waals surface area contributed by atoms with Crippen molar-refractivity contribution < 1.29 is 5.11 Å². The predicted octanol–water partition coefficient (Wildman–Crippen LogP) is 1.22. The molecule has 94 valence electrons. The Morgan fingerprint density at radius 2 is 1.94 bits per heavy atom. The van der Waals surface area contributed by atoms with Crippen molar-refractivity contribution >= 4 is 0 Å². The Kier molecular flexibility index (Phi) is 4.22. The van der Waals surface area contributed by atoms with Crippen molar-refractivity contribution in [2.24, 2.45) is 5.92 Å². The summed E-state index contributed by atoms with van der Waals surface area (Å²) in [4.78, 5) is 2.46. The lowest BCUT2D eigenvalue weighted by atomic mass is 9.89. The lowest BCUT2D eigenvalue weighted by Crippen LogP contribution is -2.50. The van der Waals surface area contributed by atoms with Gasteiger partial charge in [0, 0.05) is 18.6 Å². The van der Waals surface area contributed by atoms with E-state index in [9.17, 15) is 5.11 Å².